The Hall–Kier alpha value is -1.25. The number of allylic oxidation sites excluding steroid dienone is 2. The number of halogens is 3. The largest absolute Gasteiger partial charge is 0.204 e. The molecule has 2 aliphatic rings. The predicted molar refractivity (Wildman–Crippen MR) is 101 cm³/mol. The lowest BCUT2D eigenvalue weighted by Gasteiger charge is -2.38. The highest BCUT2D eigenvalue weighted by Crippen LogP contribution is 2.44. The maximum atomic E-state index is 13.5. The van der Waals surface area contributed by atoms with E-state index in [1.165, 1.54) is 44.2 Å². The molecule has 0 saturated heterocycles. The second-order valence-corrected chi connectivity index (χ2v) is 8.31. The Bertz CT molecular complexity index is 583. The summed E-state index contributed by atoms with van der Waals surface area (Å²) < 4.78 is 40.1. The quantitative estimate of drug-likeness (QED) is 0.374. The van der Waals surface area contributed by atoms with Crippen molar-refractivity contribution >= 4 is 0 Å². The summed E-state index contributed by atoms with van der Waals surface area (Å²) >= 11 is 0. The normalized spacial score (nSPS) is 30.0. The summed E-state index contributed by atoms with van der Waals surface area (Å²) in [6, 6.07) is 2.39. The van der Waals surface area contributed by atoms with Gasteiger partial charge >= 0.3 is 0 Å². The highest BCUT2D eigenvalue weighted by Gasteiger charge is 2.31. The second kappa shape index (κ2) is 9.10. The molecule has 0 spiro atoms. The molecule has 26 heavy (non-hydrogen) atoms. The van der Waals surface area contributed by atoms with Gasteiger partial charge in [0.25, 0.3) is 0 Å². The van der Waals surface area contributed by atoms with Crippen LogP contribution in [0.25, 0.3) is 0 Å². The monoisotopic (exact) mass is 364 g/mol. The van der Waals surface area contributed by atoms with E-state index < -0.39 is 17.5 Å². The predicted octanol–water partition coefficient (Wildman–Crippen LogP) is 7.54. The topological polar surface area (TPSA) is 0 Å². The van der Waals surface area contributed by atoms with Crippen LogP contribution in [0.5, 0.6) is 0 Å². The van der Waals surface area contributed by atoms with Crippen LogP contribution < -0.4 is 0 Å². The van der Waals surface area contributed by atoms with Crippen molar-refractivity contribution in [1.82, 2.24) is 0 Å². The third kappa shape index (κ3) is 4.72. The first-order chi connectivity index (χ1) is 12.6. The zero-order valence-electron chi connectivity index (χ0n) is 15.8. The van der Waals surface area contributed by atoms with Crippen molar-refractivity contribution in [2.45, 2.75) is 77.0 Å². The Kier molecular flexibility index (Phi) is 6.83. The first-order valence-corrected chi connectivity index (χ1v) is 10.4. The lowest BCUT2D eigenvalue weighted by molar-refractivity contribution is 0.160. The van der Waals surface area contributed by atoms with Gasteiger partial charge in [0, 0.05) is 0 Å². The van der Waals surface area contributed by atoms with Crippen LogP contribution in [-0.4, -0.2) is 0 Å². The number of benzene rings is 1. The zero-order valence-corrected chi connectivity index (χ0v) is 15.8. The summed E-state index contributed by atoms with van der Waals surface area (Å²) in [4.78, 5) is 0. The van der Waals surface area contributed by atoms with Crippen LogP contribution in [0.15, 0.2) is 24.3 Å². The van der Waals surface area contributed by atoms with Crippen LogP contribution in [0.1, 0.15) is 82.6 Å². The molecule has 0 amide bonds. The van der Waals surface area contributed by atoms with Crippen molar-refractivity contribution < 1.29 is 13.2 Å². The molecular formula is C23H31F3. The van der Waals surface area contributed by atoms with Crippen LogP contribution in [-0.2, 0) is 0 Å². The molecule has 0 heterocycles. The molecule has 0 bridgehead atoms. The number of hydrogen-bond acceptors (Lipinski definition) is 0. The molecule has 0 aromatic heterocycles. The van der Waals surface area contributed by atoms with Gasteiger partial charge in [0.2, 0.25) is 0 Å². The van der Waals surface area contributed by atoms with Gasteiger partial charge in [-0.05, 0) is 106 Å². The van der Waals surface area contributed by atoms with E-state index >= 15 is 0 Å². The summed E-state index contributed by atoms with van der Waals surface area (Å²) in [6.45, 7) is 2.18. The van der Waals surface area contributed by atoms with Crippen molar-refractivity contribution in [1.29, 1.82) is 0 Å². The van der Waals surface area contributed by atoms with Gasteiger partial charge in [0.1, 0.15) is 0 Å². The van der Waals surface area contributed by atoms with Crippen LogP contribution in [0.4, 0.5) is 13.2 Å². The van der Waals surface area contributed by atoms with E-state index in [9.17, 15) is 13.2 Å². The van der Waals surface area contributed by atoms with E-state index in [-0.39, 0.29) is 5.92 Å². The van der Waals surface area contributed by atoms with Gasteiger partial charge < -0.3 is 0 Å². The average Bonchev–Trinajstić information content (AvgIpc) is 2.67. The summed E-state index contributed by atoms with van der Waals surface area (Å²) in [5.74, 6) is -0.859. The fourth-order valence-electron chi connectivity index (χ4n) is 5.09. The molecule has 0 unspecified atom stereocenters. The molecule has 0 aliphatic heterocycles. The van der Waals surface area contributed by atoms with Gasteiger partial charge in [-0.25, -0.2) is 13.2 Å². The molecule has 2 saturated carbocycles. The SMILES string of the molecule is CC/C=C/CC1CCC(C2CCC(c3cc(F)c(F)c(F)c3)CC2)CC1. The van der Waals surface area contributed by atoms with E-state index in [1.807, 2.05) is 0 Å². The summed E-state index contributed by atoms with van der Waals surface area (Å²) in [5.41, 5.74) is 0.631. The summed E-state index contributed by atoms with van der Waals surface area (Å²) in [6.07, 6.45) is 16.5. The molecule has 2 aliphatic carbocycles. The van der Waals surface area contributed by atoms with Gasteiger partial charge in [-0.15, -0.1) is 0 Å². The molecule has 144 valence electrons. The van der Waals surface area contributed by atoms with Gasteiger partial charge in [-0.3, -0.25) is 0 Å². The first kappa shape index (κ1) is 19.5. The minimum absolute atomic E-state index is 0.173. The molecule has 3 rings (SSSR count). The fourth-order valence-corrected chi connectivity index (χ4v) is 5.09. The van der Waals surface area contributed by atoms with Gasteiger partial charge in [0.15, 0.2) is 17.5 Å². The Morgan fingerprint density at radius 1 is 0.808 bits per heavy atom. The van der Waals surface area contributed by atoms with Crippen LogP contribution >= 0.6 is 0 Å². The number of rotatable bonds is 5. The molecule has 0 nitrogen and oxygen atoms in total. The van der Waals surface area contributed by atoms with Crippen LogP contribution in [0.3, 0.4) is 0 Å². The maximum Gasteiger partial charge on any atom is 0.194 e. The fraction of sp³-hybridized carbons (Fsp3) is 0.652. The highest BCUT2D eigenvalue weighted by molar-refractivity contribution is 5.23. The van der Waals surface area contributed by atoms with E-state index in [4.69, 9.17) is 0 Å². The second-order valence-electron chi connectivity index (χ2n) is 8.31. The van der Waals surface area contributed by atoms with Crippen molar-refractivity contribution in [2.75, 3.05) is 0 Å². The Balaban J connectivity index is 1.48. The average molecular weight is 364 g/mol. The van der Waals surface area contributed by atoms with Gasteiger partial charge in [-0.1, -0.05) is 19.1 Å². The first-order valence-electron chi connectivity index (χ1n) is 10.4. The Labute approximate surface area is 155 Å². The molecule has 1 aromatic carbocycles. The van der Waals surface area contributed by atoms with E-state index in [1.54, 1.807) is 0 Å². The molecule has 0 radical (unpaired) electrons. The van der Waals surface area contributed by atoms with Gasteiger partial charge in [-0.2, -0.15) is 0 Å². The van der Waals surface area contributed by atoms with Crippen molar-refractivity contribution in [3.8, 4) is 0 Å². The van der Waals surface area contributed by atoms with Crippen molar-refractivity contribution in [3.63, 3.8) is 0 Å². The van der Waals surface area contributed by atoms with Gasteiger partial charge in [0.05, 0.1) is 0 Å². The molecule has 1 aromatic rings. The van der Waals surface area contributed by atoms with Crippen LogP contribution in [0.2, 0.25) is 0 Å². The maximum absolute atomic E-state index is 13.5. The minimum atomic E-state index is -1.35. The summed E-state index contributed by atoms with van der Waals surface area (Å²) in [5, 5.41) is 0. The molecule has 2 fully saturated rings. The Morgan fingerprint density at radius 3 is 1.88 bits per heavy atom. The van der Waals surface area contributed by atoms with E-state index in [0.717, 1.165) is 49.9 Å². The third-order valence-corrected chi connectivity index (χ3v) is 6.68. The van der Waals surface area contributed by atoms with Crippen molar-refractivity contribution in [2.24, 2.45) is 17.8 Å². The standard InChI is InChI=1S/C23H31F3/c1-2-3-4-5-16-6-8-17(9-7-16)18-10-12-19(13-11-18)20-14-21(24)23(26)22(25)15-20/h3-4,14-19H,2,5-13H2,1H3/b4-3+. The minimum Gasteiger partial charge on any atom is -0.204 e. The molecule has 0 atom stereocenters. The smallest absolute Gasteiger partial charge is 0.194 e. The molecule has 3 heteroatoms. The molecule has 0 N–H and O–H groups in total. The Morgan fingerprint density at radius 2 is 1.35 bits per heavy atom. The van der Waals surface area contributed by atoms with E-state index in [0.29, 0.717) is 5.56 Å². The van der Waals surface area contributed by atoms with Crippen LogP contribution in [0, 0.1) is 35.2 Å². The molecular weight excluding hydrogens is 333 g/mol. The third-order valence-electron chi connectivity index (χ3n) is 6.68. The summed E-state index contributed by atoms with van der Waals surface area (Å²) in [7, 11) is 0. The van der Waals surface area contributed by atoms with E-state index in [2.05, 4.69) is 19.1 Å². The zero-order chi connectivity index (χ0) is 18.5. The lowest BCUT2D eigenvalue weighted by atomic mass is 9.68. The number of hydrogen-bond donors (Lipinski definition) is 0. The van der Waals surface area contributed by atoms with Crippen molar-refractivity contribution in [3.05, 3.63) is 47.3 Å². The lowest BCUT2D eigenvalue weighted by Crippen LogP contribution is -2.25. The highest BCUT2D eigenvalue weighted by atomic mass is 19.2.